The summed E-state index contributed by atoms with van der Waals surface area (Å²) in [5, 5.41) is 0. The van der Waals surface area contributed by atoms with Crippen LogP contribution in [0.5, 0.6) is 0 Å². The Bertz CT molecular complexity index is 260. The van der Waals surface area contributed by atoms with Gasteiger partial charge < -0.3 is 4.57 Å². The average Bonchev–Trinajstić information content (AvgIpc) is 1.94. The van der Waals surface area contributed by atoms with Crippen LogP contribution in [0.4, 0.5) is 0 Å². The van der Waals surface area contributed by atoms with Crippen LogP contribution in [0.25, 0.3) is 0 Å². The summed E-state index contributed by atoms with van der Waals surface area (Å²) in [6.45, 7) is 2.88. The summed E-state index contributed by atoms with van der Waals surface area (Å²) in [5.41, 5.74) is 1.03. The van der Waals surface area contributed by atoms with Gasteiger partial charge in [-0.25, -0.2) is 0 Å². The van der Waals surface area contributed by atoms with Gasteiger partial charge in [-0.2, -0.15) is 0 Å². The number of rotatable bonds is 1. The van der Waals surface area contributed by atoms with Crippen molar-refractivity contribution < 1.29 is 0 Å². The van der Waals surface area contributed by atoms with Gasteiger partial charge in [0.05, 0.1) is 0 Å². The van der Waals surface area contributed by atoms with E-state index in [0.29, 0.717) is 0 Å². The maximum Gasteiger partial charge on any atom is 0.127 e. The summed E-state index contributed by atoms with van der Waals surface area (Å²) in [5.74, 6) is 0. The Morgan fingerprint density at radius 3 is 2.90 bits per heavy atom. The Morgan fingerprint density at radius 1 is 1.50 bits per heavy atom. The second kappa shape index (κ2) is 3.20. The highest BCUT2D eigenvalue weighted by Crippen LogP contribution is 1.76. The van der Waals surface area contributed by atoms with Crippen molar-refractivity contribution in [2.45, 2.75) is 6.92 Å². The van der Waals surface area contributed by atoms with Gasteiger partial charge in [-0.1, -0.05) is 6.07 Å². The second-order valence-corrected chi connectivity index (χ2v) is 2.14. The molecule has 0 aliphatic heterocycles. The normalized spacial score (nSPS) is 12.0. The monoisotopic (exact) mass is 136 g/mol. The SMILES string of the molecule is CCN=c1ccccn1C. The van der Waals surface area contributed by atoms with Gasteiger partial charge in [-0.05, 0) is 19.1 Å². The molecule has 1 aromatic heterocycles. The third kappa shape index (κ3) is 1.47. The van der Waals surface area contributed by atoms with Crippen LogP contribution in [0.2, 0.25) is 0 Å². The second-order valence-electron chi connectivity index (χ2n) is 2.14. The molecule has 1 rings (SSSR count). The Morgan fingerprint density at radius 2 is 2.30 bits per heavy atom. The Hall–Kier alpha value is -1.05. The molecule has 0 atom stereocenters. The van der Waals surface area contributed by atoms with Crippen molar-refractivity contribution in [1.82, 2.24) is 4.57 Å². The van der Waals surface area contributed by atoms with Crippen LogP contribution < -0.4 is 5.49 Å². The maximum atomic E-state index is 4.27. The molecular weight excluding hydrogens is 124 g/mol. The molecule has 2 heteroatoms. The van der Waals surface area contributed by atoms with Gasteiger partial charge in [0.2, 0.25) is 0 Å². The average molecular weight is 136 g/mol. The molecule has 2 nitrogen and oxygen atoms in total. The quantitative estimate of drug-likeness (QED) is 0.547. The molecule has 0 aliphatic carbocycles. The highest BCUT2D eigenvalue weighted by molar-refractivity contribution is 4.91. The van der Waals surface area contributed by atoms with Crippen LogP contribution in [-0.4, -0.2) is 11.1 Å². The third-order valence-corrected chi connectivity index (χ3v) is 1.35. The van der Waals surface area contributed by atoms with Crippen LogP contribution in [-0.2, 0) is 7.05 Å². The summed E-state index contributed by atoms with van der Waals surface area (Å²) >= 11 is 0. The first-order chi connectivity index (χ1) is 4.84. The van der Waals surface area contributed by atoms with Crippen LogP contribution >= 0.6 is 0 Å². The molecule has 1 aromatic rings. The number of nitrogens with zero attached hydrogens (tertiary/aromatic N) is 2. The van der Waals surface area contributed by atoms with E-state index in [9.17, 15) is 0 Å². The van der Waals surface area contributed by atoms with Gasteiger partial charge in [-0.3, -0.25) is 4.99 Å². The predicted molar refractivity (Wildman–Crippen MR) is 41.5 cm³/mol. The Kier molecular flexibility index (Phi) is 2.26. The van der Waals surface area contributed by atoms with Crippen molar-refractivity contribution in [3.63, 3.8) is 0 Å². The predicted octanol–water partition coefficient (Wildman–Crippen LogP) is 0.946. The van der Waals surface area contributed by atoms with Gasteiger partial charge in [-0.15, -0.1) is 0 Å². The topological polar surface area (TPSA) is 17.3 Å². The van der Waals surface area contributed by atoms with Crippen molar-refractivity contribution in [3.8, 4) is 0 Å². The molecule has 0 saturated carbocycles. The van der Waals surface area contributed by atoms with Crippen molar-refractivity contribution in [3.05, 3.63) is 29.9 Å². The third-order valence-electron chi connectivity index (χ3n) is 1.35. The lowest BCUT2D eigenvalue weighted by atomic mass is 10.5. The van der Waals surface area contributed by atoms with Crippen LogP contribution in [0.15, 0.2) is 29.4 Å². The number of aromatic nitrogens is 1. The van der Waals surface area contributed by atoms with Gasteiger partial charge in [0, 0.05) is 19.8 Å². The maximum absolute atomic E-state index is 4.27. The van der Waals surface area contributed by atoms with Gasteiger partial charge >= 0.3 is 0 Å². The minimum absolute atomic E-state index is 0.845. The highest BCUT2D eigenvalue weighted by Gasteiger charge is 1.80. The molecule has 0 unspecified atom stereocenters. The minimum atomic E-state index is 0.845. The zero-order valence-electron chi connectivity index (χ0n) is 6.41. The lowest BCUT2D eigenvalue weighted by Crippen LogP contribution is -2.15. The van der Waals surface area contributed by atoms with E-state index < -0.39 is 0 Å². The lowest BCUT2D eigenvalue weighted by molar-refractivity contribution is 0.811. The van der Waals surface area contributed by atoms with E-state index in [2.05, 4.69) is 4.99 Å². The summed E-state index contributed by atoms with van der Waals surface area (Å²) in [4.78, 5) is 4.27. The summed E-state index contributed by atoms with van der Waals surface area (Å²) in [6.07, 6.45) is 1.99. The van der Waals surface area contributed by atoms with Crippen molar-refractivity contribution in [2.24, 2.45) is 12.0 Å². The fraction of sp³-hybridized carbons (Fsp3) is 0.375. The molecule has 0 aliphatic rings. The Balaban J connectivity index is 3.15. The molecule has 0 fully saturated rings. The fourth-order valence-corrected chi connectivity index (χ4v) is 0.841. The number of aryl methyl sites for hydroxylation is 1. The molecule has 0 N–H and O–H groups in total. The Labute approximate surface area is 60.9 Å². The van der Waals surface area contributed by atoms with Gasteiger partial charge in [0.15, 0.2) is 0 Å². The van der Waals surface area contributed by atoms with E-state index in [0.717, 1.165) is 12.0 Å². The zero-order valence-corrected chi connectivity index (χ0v) is 6.41. The van der Waals surface area contributed by atoms with Crippen molar-refractivity contribution >= 4 is 0 Å². The van der Waals surface area contributed by atoms with Crippen LogP contribution in [0, 0.1) is 0 Å². The number of pyridine rings is 1. The fourth-order valence-electron chi connectivity index (χ4n) is 0.841. The first-order valence-corrected chi connectivity index (χ1v) is 3.46. The van der Waals surface area contributed by atoms with Crippen LogP contribution in [0.1, 0.15) is 6.92 Å². The summed E-state index contributed by atoms with van der Waals surface area (Å²) in [6, 6.07) is 5.99. The summed E-state index contributed by atoms with van der Waals surface area (Å²) in [7, 11) is 1.99. The summed E-state index contributed by atoms with van der Waals surface area (Å²) < 4.78 is 2.00. The van der Waals surface area contributed by atoms with E-state index in [4.69, 9.17) is 0 Å². The molecule has 1 heterocycles. The first kappa shape index (κ1) is 7.06. The van der Waals surface area contributed by atoms with Crippen molar-refractivity contribution in [1.29, 1.82) is 0 Å². The van der Waals surface area contributed by atoms with E-state index in [-0.39, 0.29) is 0 Å². The molecule has 0 amide bonds. The minimum Gasteiger partial charge on any atom is -0.336 e. The van der Waals surface area contributed by atoms with E-state index in [1.54, 1.807) is 0 Å². The van der Waals surface area contributed by atoms with Crippen LogP contribution in [0.3, 0.4) is 0 Å². The largest absolute Gasteiger partial charge is 0.336 e. The highest BCUT2D eigenvalue weighted by atomic mass is 15.0. The molecule has 0 bridgehead atoms. The molecule has 10 heavy (non-hydrogen) atoms. The first-order valence-electron chi connectivity index (χ1n) is 3.46. The number of hydrogen-bond donors (Lipinski definition) is 0. The number of hydrogen-bond acceptors (Lipinski definition) is 1. The molecule has 0 aromatic carbocycles. The molecular formula is C8H12N2. The molecule has 0 radical (unpaired) electrons. The zero-order chi connectivity index (χ0) is 7.40. The van der Waals surface area contributed by atoms with E-state index in [1.165, 1.54) is 0 Å². The van der Waals surface area contributed by atoms with E-state index >= 15 is 0 Å². The molecule has 0 spiro atoms. The standard InChI is InChI=1S/C8H12N2/c1-3-9-8-6-4-5-7-10(8)2/h4-7H,3H2,1-2H3. The molecule has 54 valence electrons. The molecule has 0 saturated heterocycles. The smallest absolute Gasteiger partial charge is 0.127 e. The van der Waals surface area contributed by atoms with Gasteiger partial charge in [0.1, 0.15) is 5.49 Å². The van der Waals surface area contributed by atoms with E-state index in [1.807, 2.05) is 42.9 Å². The lowest BCUT2D eigenvalue weighted by Gasteiger charge is -1.95. The van der Waals surface area contributed by atoms with Gasteiger partial charge in [0.25, 0.3) is 0 Å². The van der Waals surface area contributed by atoms with Crippen molar-refractivity contribution in [2.75, 3.05) is 6.54 Å².